The number of carboxylic acids is 1. The molecule has 0 aliphatic rings. The molecule has 148 valence electrons. The van der Waals surface area contributed by atoms with E-state index in [2.05, 4.69) is 15.3 Å². The van der Waals surface area contributed by atoms with Gasteiger partial charge in [0.15, 0.2) is 23.0 Å². The number of methoxy groups -OCH3 is 2. The Hall–Kier alpha value is -3.81. The number of aromatic nitrogens is 3. The molecular formula is C21H20N4O4. The molecule has 2 aromatic heterocycles. The van der Waals surface area contributed by atoms with Crippen LogP contribution < -0.4 is 14.8 Å². The summed E-state index contributed by atoms with van der Waals surface area (Å²) >= 11 is 0. The summed E-state index contributed by atoms with van der Waals surface area (Å²) in [5, 5.41) is 12.2. The Bertz CT molecular complexity index is 1220. The number of rotatable bonds is 6. The summed E-state index contributed by atoms with van der Waals surface area (Å²) in [6.45, 7) is 1.56. The van der Waals surface area contributed by atoms with E-state index in [1.165, 1.54) is 0 Å². The minimum absolute atomic E-state index is 0.408. The SMILES string of the molecule is COc1ccc(-c2cnc3c(NC(C)C(=O)O)nc4ccccc4n23)cc1OC. The molecular weight excluding hydrogens is 372 g/mol. The first kappa shape index (κ1) is 18.5. The van der Waals surface area contributed by atoms with Crippen molar-refractivity contribution in [3.05, 3.63) is 48.7 Å². The molecule has 1 atom stereocenters. The maximum atomic E-state index is 11.3. The predicted molar refractivity (Wildman–Crippen MR) is 110 cm³/mol. The maximum Gasteiger partial charge on any atom is 0.325 e. The van der Waals surface area contributed by atoms with Crippen molar-refractivity contribution in [3.63, 3.8) is 0 Å². The summed E-state index contributed by atoms with van der Waals surface area (Å²) < 4.78 is 12.7. The number of imidazole rings is 1. The van der Waals surface area contributed by atoms with Crippen LogP contribution in [0.15, 0.2) is 48.7 Å². The number of benzene rings is 2. The third-order valence-electron chi connectivity index (χ3n) is 4.73. The van der Waals surface area contributed by atoms with Crippen molar-refractivity contribution in [1.82, 2.24) is 14.4 Å². The summed E-state index contributed by atoms with van der Waals surface area (Å²) in [5.41, 5.74) is 3.83. The number of aliphatic carboxylic acids is 1. The average Bonchev–Trinajstić information content (AvgIpc) is 3.19. The predicted octanol–water partition coefficient (Wildman–Crippen LogP) is 3.45. The minimum atomic E-state index is -0.968. The molecule has 8 nitrogen and oxygen atoms in total. The lowest BCUT2D eigenvalue weighted by Gasteiger charge is -2.14. The normalized spacial score (nSPS) is 12.1. The van der Waals surface area contributed by atoms with Gasteiger partial charge in [-0.3, -0.25) is 9.20 Å². The summed E-state index contributed by atoms with van der Waals surface area (Å²) in [6, 6.07) is 12.5. The van der Waals surface area contributed by atoms with Gasteiger partial charge in [-0.2, -0.15) is 0 Å². The van der Waals surface area contributed by atoms with Crippen molar-refractivity contribution in [2.75, 3.05) is 19.5 Å². The van der Waals surface area contributed by atoms with Crippen LogP contribution in [0, 0.1) is 0 Å². The van der Waals surface area contributed by atoms with Gasteiger partial charge >= 0.3 is 5.97 Å². The molecule has 4 aromatic rings. The van der Waals surface area contributed by atoms with Crippen molar-refractivity contribution < 1.29 is 19.4 Å². The highest BCUT2D eigenvalue weighted by molar-refractivity contribution is 5.88. The second kappa shape index (κ2) is 7.31. The molecule has 0 saturated heterocycles. The van der Waals surface area contributed by atoms with Crippen molar-refractivity contribution in [1.29, 1.82) is 0 Å². The summed E-state index contributed by atoms with van der Waals surface area (Å²) in [7, 11) is 3.18. The molecule has 4 rings (SSSR count). The Kier molecular flexibility index (Phi) is 4.67. The number of ether oxygens (including phenoxy) is 2. The van der Waals surface area contributed by atoms with E-state index in [9.17, 15) is 9.90 Å². The summed E-state index contributed by atoms with van der Waals surface area (Å²) in [6.07, 6.45) is 1.74. The highest BCUT2D eigenvalue weighted by Gasteiger charge is 2.19. The fourth-order valence-corrected chi connectivity index (χ4v) is 3.24. The molecule has 2 heterocycles. The monoisotopic (exact) mass is 392 g/mol. The fraction of sp³-hybridized carbons (Fsp3) is 0.190. The van der Waals surface area contributed by atoms with Crippen LogP contribution in [-0.4, -0.2) is 45.7 Å². The number of anilines is 1. The van der Waals surface area contributed by atoms with Gasteiger partial charge in [0.1, 0.15) is 6.04 Å². The number of hydrogen-bond donors (Lipinski definition) is 2. The van der Waals surface area contributed by atoms with Gasteiger partial charge in [0.05, 0.1) is 37.1 Å². The Morgan fingerprint density at radius 1 is 1.14 bits per heavy atom. The van der Waals surface area contributed by atoms with E-state index >= 15 is 0 Å². The Morgan fingerprint density at radius 3 is 2.62 bits per heavy atom. The molecule has 2 aromatic carbocycles. The average molecular weight is 392 g/mol. The highest BCUT2D eigenvalue weighted by Crippen LogP contribution is 2.34. The number of para-hydroxylation sites is 2. The topological polar surface area (TPSA) is 98.0 Å². The first-order chi connectivity index (χ1) is 14.0. The molecule has 29 heavy (non-hydrogen) atoms. The molecule has 0 aliphatic heterocycles. The van der Waals surface area contributed by atoms with Gasteiger partial charge in [0, 0.05) is 5.56 Å². The van der Waals surface area contributed by atoms with E-state index in [0.29, 0.717) is 23.0 Å². The van der Waals surface area contributed by atoms with Gasteiger partial charge in [0.25, 0.3) is 0 Å². The van der Waals surface area contributed by atoms with E-state index < -0.39 is 12.0 Å². The lowest BCUT2D eigenvalue weighted by molar-refractivity contribution is -0.137. The number of fused-ring (bicyclic) bond motifs is 3. The third kappa shape index (κ3) is 3.18. The molecule has 0 fully saturated rings. The number of carbonyl (C=O) groups is 1. The molecule has 0 spiro atoms. The van der Waals surface area contributed by atoms with Crippen LogP contribution in [0.4, 0.5) is 5.82 Å². The second-order valence-electron chi connectivity index (χ2n) is 6.53. The maximum absolute atomic E-state index is 11.3. The second-order valence-corrected chi connectivity index (χ2v) is 6.53. The quantitative estimate of drug-likeness (QED) is 0.519. The van der Waals surface area contributed by atoms with Crippen LogP contribution in [0.25, 0.3) is 27.9 Å². The van der Waals surface area contributed by atoms with Crippen LogP contribution in [0.1, 0.15) is 6.92 Å². The zero-order valence-electron chi connectivity index (χ0n) is 16.2. The van der Waals surface area contributed by atoms with E-state index in [-0.39, 0.29) is 0 Å². The fourth-order valence-electron chi connectivity index (χ4n) is 3.24. The molecule has 2 N–H and O–H groups in total. The van der Waals surface area contributed by atoms with Gasteiger partial charge < -0.3 is 19.9 Å². The number of hydrogen-bond acceptors (Lipinski definition) is 6. The number of nitrogens with zero attached hydrogens (tertiary/aromatic N) is 3. The number of nitrogens with one attached hydrogen (secondary N) is 1. The van der Waals surface area contributed by atoms with Gasteiger partial charge in [-0.05, 0) is 37.3 Å². The van der Waals surface area contributed by atoms with E-state index in [0.717, 1.165) is 22.3 Å². The summed E-state index contributed by atoms with van der Waals surface area (Å²) in [4.78, 5) is 20.4. The zero-order chi connectivity index (χ0) is 20.5. The Balaban J connectivity index is 1.97. The smallest absolute Gasteiger partial charge is 0.325 e. The van der Waals surface area contributed by atoms with Crippen molar-refractivity contribution >= 4 is 28.5 Å². The van der Waals surface area contributed by atoms with E-state index in [4.69, 9.17) is 9.47 Å². The first-order valence-electron chi connectivity index (χ1n) is 9.01. The molecule has 8 heteroatoms. The molecule has 0 saturated carbocycles. The summed E-state index contributed by atoms with van der Waals surface area (Å²) in [5.74, 6) is 0.681. The Morgan fingerprint density at radius 2 is 1.90 bits per heavy atom. The molecule has 0 bridgehead atoms. The molecule has 0 amide bonds. The molecule has 1 unspecified atom stereocenters. The molecule has 0 radical (unpaired) electrons. The van der Waals surface area contributed by atoms with Gasteiger partial charge in [0.2, 0.25) is 0 Å². The van der Waals surface area contributed by atoms with Gasteiger partial charge in [-0.15, -0.1) is 0 Å². The number of carboxylic acid groups (broad SMARTS) is 1. The van der Waals surface area contributed by atoms with E-state index in [1.54, 1.807) is 27.3 Å². The molecule has 0 aliphatic carbocycles. The van der Waals surface area contributed by atoms with E-state index in [1.807, 2.05) is 46.9 Å². The van der Waals surface area contributed by atoms with Gasteiger partial charge in [-0.25, -0.2) is 9.97 Å². The minimum Gasteiger partial charge on any atom is -0.493 e. The lowest BCUT2D eigenvalue weighted by atomic mass is 10.1. The Labute approximate surface area is 166 Å². The van der Waals surface area contributed by atoms with Crippen molar-refractivity contribution in [2.24, 2.45) is 0 Å². The van der Waals surface area contributed by atoms with Gasteiger partial charge in [-0.1, -0.05) is 12.1 Å². The third-order valence-corrected chi connectivity index (χ3v) is 4.73. The zero-order valence-corrected chi connectivity index (χ0v) is 16.2. The van der Waals surface area contributed by atoms with Crippen LogP contribution >= 0.6 is 0 Å². The van der Waals surface area contributed by atoms with Crippen LogP contribution in [0.2, 0.25) is 0 Å². The van der Waals surface area contributed by atoms with Crippen LogP contribution in [0.3, 0.4) is 0 Å². The van der Waals surface area contributed by atoms with Crippen molar-refractivity contribution in [2.45, 2.75) is 13.0 Å². The van der Waals surface area contributed by atoms with Crippen LogP contribution in [0.5, 0.6) is 11.5 Å². The lowest BCUT2D eigenvalue weighted by Crippen LogP contribution is -2.26. The largest absolute Gasteiger partial charge is 0.493 e. The standard InChI is InChI=1S/C21H20N4O4/c1-12(21(26)27)23-19-20-22-11-16(13-8-9-17(28-2)18(10-13)29-3)25(20)15-7-5-4-6-14(15)24-19/h4-12H,1-3H3,(H,23,24)(H,26,27). The first-order valence-corrected chi connectivity index (χ1v) is 9.01. The van der Waals surface area contributed by atoms with Crippen molar-refractivity contribution in [3.8, 4) is 22.8 Å². The highest BCUT2D eigenvalue weighted by atomic mass is 16.5. The van der Waals surface area contributed by atoms with Crippen LogP contribution in [-0.2, 0) is 4.79 Å².